The van der Waals surface area contributed by atoms with E-state index in [0.29, 0.717) is 0 Å². The van der Waals surface area contributed by atoms with E-state index in [9.17, 15) is 10.2 Å². The van der Waals surface area contributed by atoms with Crippen LogP contribution in [-0.2, 0) is 0 Å². The van der Waals surface area contributed by atoms with Gasteiger partial charge in [0.05, 0.1) is 19.3 Å². The van der Waals surface area contributed by atoms with Crippen molar-refractivity contribution in [2.75, 3.05) is 0 Å². The fraction of sp³-hybridized carbons (Fsp3) is 0.455. The number of aliphatic hydroxyl groups is 1. The zero-order valence-corrected chi connectivity index (χ0v) is 14.7. The van der Waals surface area contributed by atoms with E-state index in [1.54, 1.807) is 0 Å². The summed E-state index contributed by atoms with van der Waals surface area (Å²) in [4.78, 5) is 0. The minimum atomic E-state index is -0.573. The lowest BCUT2D eigenvalue weighted by atomic mass is 9.94. The van der Waals surface area contributed by atoms with Crippen LogP contribution in [0.15, 0.2) is 12.1 Å². The Morgan fingerprint density at radius 3 is 1.94 bits per heavy atom. The van der Waals surface area contributed by atoms with Crippen molar-refractivity contribution < 1.29 is 10.2 Å². The van der Waals surface area contributed by atoms with Gasteiger partial charge in [-0.2, -0.15) is 0 Å². The van der Waals surface area contributed by atoms with Crippen molar-refractivity contribution in [1.82, 2.24) is 0 Å². The molecule has 0 fully saturated rings. The number of phenolic OH excluding ortho intramolecular Hbond substituents is 1. The van der Waals surface area contributed by atoms with Gasteiger partial charge in [-0.1, -0.05) is 13.8 Å². The Balaban J connectivity index is 0.00000256. The summed E-state index contributed by atoms with van der Waals surface area (Å²) < 4.78 is 1.51. The number of hydrogen-bond acceptors (Lipinski definition) is 3. The average Bonchev–Trinajstić information content (AvgIpc) is 2.22. The zero-order chi connectivity index (χ0) is 12.5. The highest BCUT2D eigenvalue weighted by Crippen LogP contribution is 2.30. The van der Waals surface area contributed by atoms with Crippen LogP contribution in [0.3, 0.4) is 0 Å². The molecule has 0 aliphatic rings. The van der Waals surface area contributed by atoms with Gasteiger partial charge in [-0.15, -0.1) is 12.4 Å². The lowest BCUT2D eigenvalue weighted by Gasteiger charge is -2.23. The predicted molar refractivity (Wildman–Crippen MR) is 88.6 cm³/mol. The van der Waals surface area contributed by atoms with Gasteiger partial charge in [0.25, 0.3) is 0 Å². The Kier molecular flexibility index (Phi) is 7.62. The summed E-state index contributed by atoms with van der Waals surface area (Å²) in [5, 5.41) is 19.5. The fourth-order valence-corrected chi connectivity index (χ4v) is 3.21. The van der Waals surface area contributed by atoms with E-state index in [1.807, 2.05) is 26.0 Å². The monoisotopic (exact) mass is 483 g/mol. The largest absolute Gasteiger partial charge is 0.506 e. The van der Waals surface area contributed by atoms with Gasteiger partial charge in [-0.05, 0) is 68.8 Å². The number of nitrogens with two attached hydrogens (primary N) is 1. The number of phenols is 1. The molecule has 3 nitrogen and oxygen atoms in total. The lowest BCUT2D eigenvalue weighted by Crippen LogP contribution is -2.30. The minimum Gasteiger partial charge on any atom is -0.506 e. The first-order valence-corrected chi connectivity index (χ1v) is 7.12. The second-order valence-corrected chi connectivity index (χ2v) is 6.42. The molecular weight excluding hydrogens is 467 g/mol. The molecule has 0 aliphatic carbocycles. The van der Waals surface area contributed by atoms with Gasteiger partial charge in [0.15, 0.2) is 0 Å². The summed E-state index contributed by atoms with van der Waals surface area (Å²) in [6.07, 6.45) is -0.573. The molecule has 98 valence electrons. The summed E-state index contributed by atoms with van der Waals surface area (Å²) in [5.41, 5.74) is 6.84. The van der Waals surface area contributed by atoms with Crippen LogP contribution in [0.25, 0.3) is 0 Å². The zero-order valence-electron chi connectivity index (χ0n) is 9.52. The molecular formula is C11H16ClI2NO2. The summed E-state index contributed by atoms with van der Waals surface area (Å²) >= 11 is 4.12. The van der Waals surface area contributed by atoms with Gasteiger partial charge in [-0.3, -0.25) is 0 Å². The highest BCUT2D eigenvalue weighted by molar-refractivity contribution is 14.1. The Bertz CT molecular complexity index is 365. The maximum absolute atomic E-state index is 9.91. The molecule has 0 saturated carbocycles. The number of aromatic hydroxyl groups is 1. The smallest absolute Gasteiger partial charge is 0.142 e. The van der Waals surface area contributed by atoms with Gasteiger partial charge in [0, 0.05) is 0 Å². The third kappa shape index (κ3) is 4.38. The number of halogens is 3. The number of benzene rings is 1. The van der Waals surface area contributed by atoms with Crippen molar-refractivity contribution in [2.45, 2.75) is 26.0 Å². The first-order chi connectivity index (χ1) is 7.34. The van der Waals surface area contributed by atoms with Crippen molar-refractivity contribution >= 4 is 57.6 Å². The topological polar surface area (TPSA) is 66.5 Å². The predicted octanol–water partition coefficient (Wildman–Crippen LogP) is 3.04. The van der Waals surface area contributed by atoms with Crippen LogP contribution >= 0.6 is 57.6 Å². The standard InChI is InChI=1S/C11H15I2NO2.ClH/c1-5(2)10(15)9(14)6-3-7(12)11(16)8(13)4-6;/h3-5,9-10,15-16H,14H2,1-2H3;1H/t9-,10+;/m1./s1. The van der Waals surface area contributed by atoms with Crippen LogP contribution in [0.1, 0.15) is 25.5 Å². The van der Waals surface area contributed by atoms with E-state index in [1.165, 1.54) is 0 Å². The van der Waals surface area contributed by atoms with Crippen LogP contribution in [0, 0.1) is 13.1 Å². The van der Waals surface area contributed by atoms with E-state index in [2.05, 4.69) is 45.2 Å². The van der Waals surface area contributed by atoms with Crippen molar-refractivity contribution in [1.29, 1.82) is 0 Å². The first-order valence-electron chi connectivity index (χ1n) is 4.96. The summed E-state index contributed by atoms with van der Waals surface area (Å²) in [5.74, 6) is 0.385. The maximum atomic E-state index is 9.91. The van der Waals surface area contributed by atoms with Gasteiger partial charge in [-0.25, -0.2) is 0 Å². The Morgan fingerprint density at radius 1 is 1.18 bits per heavy atom. The number of hydrogen-bond donors (Lipinski definition) is 3. The quantitative estimate of drug-likeness (QED) is 0.579. The van der Waals surface area contributed by atoms with Gasteiger partial charge < -0.3 is 15.9 Å². The maximum Gasteiger partial charge on any atom is 0.142 e. The molecule has 0 aliphatic heterocycles. The van der Waals surface area contributed by atoms with Crippen LogP contribution in [0.5, 0.6) is 5.75 Å². The van der Waals surface area contributed by atoms with E-state index in [4.69, 9.17) is 5.73 Å². The molecule has 4 N–H and O–H groups in total. The Hall–Kier alpha value is 0.690. The molecule has 0 aromatic heterocycles. The molecule has 0 unspecified atom stereocenters. The molecule has 0 spiro atoms. The van der Waals surface area contributed by atoms with Gasteiger partial charge in [0.2, 0.25) is 0 Å². The van der Waals surface area contributed by atoms with Crippen molar-refractivity contribution in [2.24, 2.45) is 11.7 Å². The van der Waals surface area contributed by atoms with E-state index < -0.39 is 12.1 Å². The number of rotatable bonds is 3. The summed E-state index contributed by atoms with van der Waals surface area (Å²) in [6.45, 7) is 3.86. The molecule has 0 bridgehead atoms. The van der Waals surface area contributed by atoms with Gasteiger partial charge in [0.1, 0.15) is 5.75 Å². The van der Waals surface area contributed by atoms with Crippen LogP contribution in [0.4, 0.5) is 0 Å². The van der Waals surface area contributed by atoms with E-state index in [0.717, 1.165) is 12.7 Å². The molecule has 1 rings (SSSR count). The van der Waals surface area contributed by atoms with Crippen molar-refractivity contribution in [3.05, 3.63) is 24.8 Å². The van der Waals surface area contributed by atoms with Crippen LogP contribution in [-0.4, -0.2) is 16.3 Å². The third-order valence-corrected chi connectivity index (χ3v) is 4.12. The van der Waals surface area contributed by atoms with E-state index in [-0.39, 0.29) is 24.1 Å². The second kappa shape index (κ2) is 7.32. The minimum absolute atomic E-state index is 0. The Morgan fingerprint density at radius 2 is 1.59 bits per heavy atom. The van der Waals surface area contributed by atoms with Gasteiger partial charge >= 0.3 is 0 Å². The molecule has 1 aromatic carbocycles. The number of aliphatic hydroxyl groups excluding tert-OH is 1. The highest BCUT2D eigenvalue weighted by Gasteiger charge is 2.21. The average molecular weight is 484 g/mol. The third-order valence-electron chi connectivity index (χ3n) is 2.48. The molecule has 0 saturated heterocycles. The molecule has 0 amide bonds. The molecule has 0 radical (unpaired) electrons. The van der Waals surface area contributed by atoms with Crippen LogP contribution < -0.4 is 5.73 Å². The molecule has 2 atom stereocenters. The van der Waals surface area contributed by atoms with Crippen molar-refractivity contribution in [3.8, 4) is 5.75 Å². The van der Waals surface area contributed by atoms with Crippen molar-refractivity contribution in [3.63, 3.8) is 0 Å². The highest BCUT2D eigenvalue weighted by atomic mass is 127. The fourth-order valence-electron chi connectivity index (χ4n) is 1.39. The second-order valence-electron chi connectivity index (χ2n) is 4.09. The molecule has 17 heavy (non-hydrogen) atoms. The molecule has 1 aromatic rings. The summed E-state index contributed by atoms with van der Waals surface area (Å²) in [6, 6.07) is 3.21. The Labute approximate surface area is 135 Å². The molecule has 0 heterocycles. The summed E-state index contributed by atoms with van der Waals surface area (Å²) in [7, 11) is 0. The molecule has 6 heteroatoms. The van der Waals surface area contributed by atoms with E-state index >= 15 is 0 Å². The SMILES string of the molecule is CC(C)[C@H](O)[C@H](N)c1cc(I)c(O)c(I)c1.Cl. The first kappa shape index (κ1) is 17.7. The lowest BCUT2D eigenvalue weighted by molar-refractivity contribution is 0.0979. The van der Waals surface area contributed by atoms with Crippen LogP contribution in [0.2, 0.25) is 0 Å². The normalized spacial score (nSPS) is 14.3.